The van der Waals surface area contributed by atoms with Gasteiger partial charge in [0.25, 0.3) is 0 Å². The largest absolute Gasteiger partial charge is 0.468 e. The molecule has 3 heterocycles. The molecular weight excluding hydrogens is 342 g/mol. The van der Waals surface area contributed by atoms with Crippen molar-refractivity contribution < 1.29 is 14.0 Å². The summed E-state index contributed by atoms with van der Waals surface area (Å²) in [5, 5.41) is 0. The Morgan fingerprint density at radius 2 is 1.93 bits per heavy atom. The highest BCUT2D eigenvalue weighted by Gasteiger charge is 2.34. The van der Waals surface area contributed by atoms with E-state index in [1.54, 1.807) is 16.1 Å². The number of hydrogen-bond donors (Lipinski definition) is 0. The fourth-order valence-corrected chi connectivity index (χ4v) is 4.02. The zero-order chi connectivity index (χ0) is 18.6. The van der Waals surface area contributed by atoms with Gasteiger partial charge in [-0.2, -0.15) is 0 Å². The average Bonchev–Trinajstić information content (AvgIpc) is 3.21. The quantitative estimate of drug-likeness (QED) is 0.833. The van der Waals surface area contributed by atoms with E-state index >= 15 is 0 Å². The van der Waals surface area contributed by atoms with E-state index in [9.17, 15) is 9.59 Å². The van der Waals surface area contributed by atoms with Crippen molar-refractivity contribution >= 4 is 17.5 Å². The Hall–Kier alpha value is -2.60. The highest BCUT2D eigenvalue weighted by Crippen LogP contribution is 2.23. The Morgan fingerprint density at radius 3 is 2.67 bits per heavy atom. The van der Waals surface area contributed by atoms with Crippen molar-refractivity contribution in [2.24, 2.45) is 5.92 Å². The molecule has 2 saturated heterocycles. The fraction of sp³-hybridized carbons (Fsp3) is 0.429. The third-order valence-electron chi connectivity index (χ3n) is 5.41. The number of para-hydroxylation sites is 1. The highest BCUT2D eigenvalue weighted by molar-refractivity contribution is 5.98. The van der Waals surface area contributed by atoms with Crippen LogP contribution in [0.5, 0.6) is 0 Å². The molecule has 0 N–H and O–H groups in total. The van der Waals surface area contributed by atoms with E-state index in [-0.39, 0.29) is 24.3 Å². The van der Waals surface area contributed by atoms with Crippen LogP contribution in [0.3, 0.4) is 0 Å². The molecule has 1 aromatic carbocycles. The Kier molecular flexibility index (Phi) is 5.25. The number of likely N-dealkylation sites (tertiary alicyclic amines) is 1. The molecule has 2 aromatic rings. The molecule has 2 aliphatic rings. The number of amides is 2. The van der Waals surface area contributed by atoms with Crippen LogP contribution in [0.15, 0.2) is 53.1 Å². The van der Waals surface area contributed by atoms with Gasteiger partial charge in [0.15, 0.2) is 0 Å². The van der Waals surface area contributed by atoms with E-state index in [2.05, 4.69) is 4.90 Å². The van der Waals surface area contributed by atoms with Crippen LogP contribution in [0.2, 0.25) is 0 Å². The van der Waals surface area contributed by atoms with Crippen LogP contribution in [0.25, 0.3) is 0 Å². The Morgan fingerprint density at radius 1 is 1.07 bits per heavy atom. The van der Waals surface area contributed by atoms with Crippen LogP contribution in [0.4, 0.5) is 5.69 Å². The first kappa shape index (κ1) is 17.8. The number of benzene rings is 1. The summed E-state index contributed by atoms with van der Waals surface area (Å²) in [5.41, 5.74) is 0.900. The third kappa shape index (κ3) is 4.06. The number of furan rings is 1. The first-order chi connectivity index (χ1) is 13.2. The first-order valence-corrected chi connectivity index (χ1v) is 9.59. The topological polar surface area (TPSA) is 57.0 Å². The molecule has 2 aliphatic heterocycles. The number of carbonyl (C=O) groups excluding carboxylic acids is 2. The van der Waals surface area contributed by atoms with Crippen molar-refractivity contribution in [1.29, 1.82) is 0 Å². The molecule has 6 nitrogen and oxygen atoms in total. The summed E-state index contributed by atoms with van der Waals surface area (Å²) >= 11 is 0. The van der Waals surface area contributed by atoms with E-state index in [1.165, 1.54) is 0 Å². The maximum atomic E-state index is 13.0. The van der Waals surface area contributed by atoms with Gasteiger partial charge in [-0.3, -0.25) is 14.5 Å². The molecule has 4 rings (SSSR count). The van der Waals surface area contributed by atoms with E-state index in [0.29, 0.717) is 13.1 Å². The molecule has 2 amide bonds. The molecule has 0 unspecified atom stereocenters. The minimum atomic E-state index is -0.0372. The number of rotatable bonds is 4. The smallest absolute Gasteiger partial charge is 0.246 e. The van der Waals surface area contributed by atoms with Crippen molar-refractivity contribution in [3.8, 4) is 0 Å². The van der Waals surface area contributed by atoms with Crippen LogP contribution >= 0.6 is 0 Å². The van der Waals surface area contributed by atoms with Gasteiger partial charge in [-0.15, -0.1) is 0 Å². The zero-order valence-electron chi connectivity index (χ0n) is 15.4. The Balaban J connectivity index is 1.35. The van der Waals surface area contributed by atoms with Gasteiger partial charge in [-0.25, -0.2) is 0 Å². The molecule has 27 heavy (non-hydrogen) atoms. The lowest BCUT2D eigenvalue weighted by Crippen LogP contribution is -2.55. The molecule has 0 spiro atoms. The van der Waals surface area contributed by atoms with Crippen molar-refractivity contribution in [3.05, 3.63) is 54.5 Å². The lowest BCUT2D eigenvalue weighted by atomic mass is 9.96. The molecule has 142 valence electrons. The maximum Gasteiger partial charge on any atom is 0.246 e. The number of hydrogen-bond acceptors (Lipinski definition) is 4. The van der Waals surface area contributed by atoms with Crippen LogP contribution in [0, 0.1) is 5.92 Å². The van der Waals surface area contributed by atoms with Gasteiger partial charge in [0.05, 0.1) is 18.7 Å². The fourth-order valence-electron chi connectivity index (χ4n) is 4.02. The van der Waals surface area contributed by atoms with Gasteiger partial charge in [0.2, 0.25) is 11.8 Å². The molecular formula is C21H25N3O3. The molecule has 0 saturated carbocycles. The SMILES string of the molecule is O=C([C@@H]1CCCN(Cc2ccco2)C1)N1CCN(c2ccccc2)C(=O)C1. The monoisotopic (exact) mass is 367 g/mol. The van der Waals surface area contributed by atoms with Crippen LogP contribution in [-0.4, -0.2) is 54.3 Å². The van der Waals surface area contributed by atoms with Gasteiger partial charge in [-0.1, -0.05) is 18.2 Å². The number of carbonyl (C=O) groups is 2. The van der Waals surface area contributed by atoms with Gasteiger partial charge in [-0.05, 0) is 43.7 Å². The second-order valence-corrected chi connectivity index (χ2v) is 7.29. The highest BCUT2D eigenvalue weighted by atomic mass is 16.3. The molecule has 1 atom stereocenters. The predicted octanol–water partition coefficient (Wildman–Crippen LogP) is 2.37. The number of anilines is 1. The third-order valence-corrected chi connectivity index (χ3v) is 5.41. The molecule has 2 fully saturated rings. The standard InChI is InChI=1S/C21H25N3O3/c25-20-16-23(11-12-24(20)18-7-2-1-3-8-18)21(26)17-6-4-10-22(14-17)15-19-9-5-13-27-19/h1-3,5,7-9,13,17H,4,6,10-12,14-16H2/t17-/m1/s1. The van der Waals surface area contributed by atoms with E-state index in [4.69, 9.17) is 4.42 Å². The predicted molar refractivity (Wildman–Crippen MR) is 102 cm³/mol. The van der Waals surface area contributed by atoms with Crippen LogP contribution < -0.4 is 4.90 Å². The molecule has 0 bridgehead atoms. The normalized spacial score (nSPS) is 21.5. The minimum Gasteiger partial charge on any atom is -0.468 e. The first-order valence-electron chi connectivity index (χ1n) is 9.59. The summed E-state index contributed by atoms with van der Waals surface area (Å²) in [7, 11) is 0. The Labute approximate surface area is 159 Å². The Bertz CT molecular complexity index is 775. The minimum absolute atomic E-state index is 0.0101. The molecule has 0 aliphatic carbocycles. The summed E-state index contributed by atoms with van der Waals surface area (Å²) in [5.74, 6) is 0.990. The second kappa shape index (κ2) is 7.96. The summed E-state index contributed by atoms with van der Waals surface area (Å²) in [6.45, 7) is 3.75. The summed E-state index contributed by atoms with van der Waals surface area (Å²) in [4.78, 5) is 31.4. The van der Waals surface area contributed by atoms with E-state index < -0.39 is 0 Å². The van der Waals surface area contributed by atoms with Gasteiger partial charge in [0.1, 0.15) is 12.3 Å². The maximum absolute atomic E-state index is 13.0. The average molecular weight is 367 g/mol. The van der Waals surface area contributed by atoms with E-state index in [0.717, 1.165) is 43.9 Å². The van der Waals surface area contributed by atoms with Crippen molar-refractivity contribution in [3.63, 3.8) is 0 Å². The second-order valence-electron chi connectivity index (χ2n) is 7.29. The van der Waals surface area contributed by atoms with Crippen LogP contribution in [-0.2, 0) is 16.1 Å². The van der Waals surface area contributed by atoms with Crippen LogP contribution in [0.1, 0.15) is 18.6 Å². The lowest BCUT2D eigenvalue weighted by molar-refractivity contribution is -0.141. The number of nitrogens with zero attached hydrogens (tertiary/aromatic N) is 3. The zero-order valence-corrected chi connectivity index (χ0v) is 15.4. The summed E-state index contributed by atoms with van der Waals surface area (Å²) < 4.78 is 5.43. The van der Waals surface area contributed by atoms with Gasteiger partial charge < -0.3 is 14.2 Å². The van der Waals surface area contributed by atoms with Crippen molar-refractivity contribution in [2.45, 2.75) is 19.4 Å². The summed E-state index contributed by atoms with van der Waals surface area (Å²) in [6, 6.07) is 13.5. The summed E-state index contributed by atoms with van der Waals surface area (Å²) in [6.07, 6.45) is 3.56. The number of piperidine rings is 1. The molecule has 6 heteroatoms. The van der Waals surface area contributed by atoms with Gasteiger partial charge >= 0.3 is 0 Å². The van der Waals surface area contributed by atoms with Crippen molar-refractivity contribution in [2.75, 3.05) is 37.6 Å². The van der Waals surface area contributed by atoms with Gasteiger partial charge in [0, 0.05) is 25.3 Å². The van der Waals surface area contributed by atoms with Crippen molar-refractivity contribution in [1.82, 2.24) is 9.80 Å². The number of piperazine rings is 1. The molecule has 0 radical (unpaired) electrons. The van der Waals surface area contributed by atoms with E-state index in [1.807, 2.05) is 42.5 Å². The molecule has 1 aromatic heterocycles. The lowest BCUT2D eigenvalue weighted by Gasteiger charge is -2.38.